The lowest BCUT2D eigenvalue weighted by Crippen LogP contribution is -2.42. The van der Waals surface area contributed by atoms with E-state index in [4.69, 9.17) is 5.26 Å². The second-order valence-electron chi connectivity index (χ2n) is 5.94. The van der Waals surface area contributed by atoms with Gasteiger partial charge in [-0.05, 0) is 38.5 Å². The summed E-state index contributed by atoms with van der Waals surface area (Å²) in [6.45, 7) is 5.36. The Morgan fingerprint density at radius 2 is 1.91 bits per heavy atom. The number of hydrogen-bond acceptors (Lipinski definition) is 3. The van der Waals surface area contributed by atoms with Crippen LogP contribution in [0.3, 0.4) is 0 Å². The molecule has 2 aromatic rings. The lowest BCUT2D eigenvalue weighted by molar-refractivity contribution is 0.0929. The Morgan fingerprint density at radius 1 is 1.27 bits per heavy atom. The average Bonchev–Trinajstić information content (AvgIpc) is 2.47. The quantitative estimate of drug-likeness (QED) is 0.868. The summed E-state index contributed by atoms with van der Waals surface area (Å²) in [6.07, 6.45) is 0. The number of pyridine rings is 1. The largest absolute Gasteiger partial charge is 0.334 e. The maximum absolute atomic E-state index is 12.3. The zero-order valence-corrected chi connectivity index (χ0v) is 13.3. The third kappa shape index (κ3) is 3.73. The molecule has 5 heteroatoms. The van der Waals surface area contributed by atoms with Crippen molar-refractivity contribution in [2.75, 3.05) is 0 Å². The fraction of sp³-hybridized carbons (Fsp3) is 0.235. The van der Waals surface area contributed by atoms with Gasteiger partial charge in [0.1, 0.15) is 5.54 Å². The highest BCUT2D eigenvalue weighted by atomic mass is 16.1. The summed E-state index contributed by atoms with van der Waals surface area (Å²) in [5.74, 6) is -0.273. The number of hydrogen-bond donors (Lipinski definition) is 1. The van der Waals surface area contributed by atoms with Crippen LogP contribution in [-0.2, 0) is 0 Å². The number of nitriles is 1. The second kappa shape index (κ2) is 6.02. The standard InChI is InChI=1S/C17H18BN3O/c1-11-4-6-12(7-5-11)14-8-13(9-15(18)20-14)16(22)21-17(2,3)10-19/h4-9H,18H2,1-3H3,(H,21,22). The lowest BCUT2D eigenvalue weighted by atomic mass is 9.98. The van der Waals surface area contributed by atoms with E-state index in [0.717, 1.165) is 16.9 Å². The molecule has 0 aliphatic rings. The topological polar surface area (TPSA) is 65.8 Å². The number of carbonyl (C=O) groups is 1. The van der Waals surface area contributed by atoms with Crippen LogP contribution in [0.1, 0.15) is 29.8 Å². The van der Waals surface area contributed by atoms with E-state index in [9.17, 15) is 4.79 Å². The molecule has 0 aliphatic heterocycles. The molecule has 0 atom stereocenters. The minimum absolute atomic E-state index is 0.273. The van der Waals surface area contributed by atoms with E-state index in [0.29, 0.717) is 5.56 Å². The van der Waals surface area contributed by atoms with Crippen LogP contribution in [0, 0.1) is 18.3 Å². The fourth-order valence-electron chi connectivity index (χ4n) is 2.06. The minimum atomic E-state index is -0.904. The predicted molar refractivity (Wildman–Crippen MR) is 89.7 cm³/mol. The molecule has 0 aliphatic carbocycles. The Morgan fingerprint density at radius 3 is 2.50 bits per heavy atom. The highest BCUT2D eigenvalue weighted by Crippen LogP contribution is 2.18. The van der Waals surface area contributed by atoms with Crippen LogP contribution in [0.4, 0.5) is 0 Å². The maximum atomic E-state index is 12.3. The van der Waals surface area contributed by atoms with E-state index in [1.54, 1.807) is 26.0 Å². The van der Waals surface area contributed by atoms with Crippen molar-refractivity contribution in [1.29, 1.82) is 5.26 Å². The van der Waals surface area contributed by atoms with Gasteiger partial charge in [-0.2, -0.15) is 5.26 Å². The van der Waals surface area contributed by atoms with Gasteiger partial charge >= 0.3 is 0 Å². The van der Waals surface area contributed by atoms with Crippen LogP contribution >= 0.6 is 0 Å². The molecule has 110 valence electrons. The average molecular weight is 291 g/mol. The molecule has 0 spiro atoms. The summed E-state index contributed by atoms with van der Waals surface area (Å²) in [6, 6.07) is 13.5. The number of carbonyl (C=O) groups excluding carboxylic acids is 1. The summed E-state index contributed by atoms with van der Waals surface area (Å²) >= 11 is 0. The third-order valence-corrected chi connectivity index (χ3v) is 3.27. The van der Waals surface area contributed by atoms with E-state index in [2.05, 4.69) is 16.4 Å². The molecule has 0 unspecified atom stereocenters. The highest BCUT2D eigenvalue weighted by Gasteiger charge is 2.20. The molecule has 22 heavy (non-hydrogen) atoms. The Bertz CT molecular complexity index is 745. The summed E-state index contributed by atoms with van der Waals surface area (Å²) in [4.78, 5) is 16.8. The normalized spacial score (nSPS) is 10.8. The van der Waals surface area contributed by atoms with Gasteiger partial charge < -0.3 is 5.32 Å². The summed E-state index contributed by atoms with van der Waals surface area (Å²) < 4.78 is 0. The van der Waals surface area contributed by atoms with Gasteiger partial charge in [-0.1, -0.05) is 29.8 Å². The van der Waals surface area contributed by atoms with Gasteiger partial charge in [0, 0.05) is 11.1 Å². The number of aryl methyl sites for hydroxylation is 1. The van der Waals surface area contributed by atoms with Crippen LogP contribution < -0.4 is 10.9 Å². The van der Waals surface area contributed by atoms with Gasteiger partial charge in [0.05, 0.1) is 11.8 Å². The predicted octanol–water partition coefficient (Wildman–Crippen LogP) is 1.35. The fourth-order valence-corrected chi connectivity index (χ4v) is 2.06. The Labute approximate surface area is 131 Å². The number of benzene rings is 1. The van der Waals surface area contributed by atoms with Crippen molar-refractivity contribution in [1.82, 2.24) is 10.3 Å². The second-order valence-corrected chi connectivity index (χ2v) is 5.94. The van der Waals surface area contributed by atoms with E-state index in [1.807, 2.05) is 39.0 Å². The monoisotopic (exact) mass is 291 g/mol. The molecule has 0 bridgehead atoms. The molecule has 1 heterocycles. The number of amides is 1. The number of aromatic nitrogens is 1. The van der Waals surface area contributed by atoms with Crippen LogP contribution in [0.25, 0.3) is 11.3 Å². The maximum Gasteiger partial charge on any atom is 0.252 e. The van der Waals surface area contributed by atoms with Gasteiger partial charge in [0.2, 0.25) is 0 Å². The van der Waals surface area contributed by atoms with Crippen molar-refractivity contribution in [2.45, 2.75) is 26.3 Å². The van der Waals surface area contributed by atoms with Crippen molar-refractivity contribution >= 4 is 19.3 Å². The van der Waals surface area contributed by atoms with Crippen molar-refractivity contribution in [3.05, 3.63) is 47.5 Å². The van der Waals surface area contributed by atoms with Gasteiger partial charge in [0.15, 0.2) is 7.85 Å². The molecule has 1 N–H and O–H groups in total. The number of nitrogens with zero attached hydrogens (tertiary/aromatic N) is 2. The minimum Gasteiger partial charge on any atom is -0.334 e. The summed E-state index contributed by atoms with van der Waals surface area (Å²) in [7, 11) is 1.85. The van der Waals surface area contributed by atoms with Crippen LogP contribution in [0.2, 0.25) is 0 Å². The van der Waals surface area contributed by atoms with Gasteiger partial charge in [0.25, 0.3) is 5.91 Å². The summed E-state index contributed by atoms with van der Waals surface area (Å²) in [5.41, 5.74) is 3.25. The van der Waals surface area contributed by atoms with Crippen molar-refractivity contribution in [3.63, 3.8) is 0 Å². The first kappa shape index (κ1) is 15.8. The van der Waals surface area contributed by atoms with Crippen LogP contribution in [-0.4, -0.2) is 24.3 Å². The first-order chi connectivity index (χ1) is 10.3. The number of nitrogens with one attached hydrogen (secondary N) is 1. The molecule has 1 amide bonds. The molecular formula is C17H18BN3O. The van der Waals surface area contributed by atoms with Crippen molar-refractivity contribution < 1.29 is 4.79 Å². The molecule has 2 rings (SSSR count). The molecule has 0 saturated carbocycles. The molecule has 0 fully saturated rings. The zero-order valence-electron chi connectivity index (χ0n) is 13.3. The van der Waals surface area contributed by atoms with E-state index in [1.165, 1.54) is 5.56 Å². The third-order valence-electron chi connectivity index (χ3n) is 3.27. The van der Waals surface area contributed by atoms with E-state index >= 15 is 0 Å². The number of rotatable bonds is 3. The molecule has 1 aromatic heterocycles. The summed E-state index contributed by atoms with van der Waals surface area (Å²) in [5, 5.41) is 11.7. The Hall–Kier alpha value is -2.61. The first-order valence-corrected chi connectivity index (χ1v) is 7.10. The van der Waals surface area contributed by atoms with E-state index < -0.39 is 5.54 Å². The smallest absolute Gasteiger partial charge is 0.252 e. The highest BCUT2D eigenvalue weighted by molar-refractivity contribution is 6.31. The lowest BCUT2D eigenvalue weighted by Gasteiger charge is -2.18. The van der Waals surface area contributed by atoms with Gasteiger partial charge in [-0.15, -0.1) is 0 Å². The van der Waals surface area contributed by atoms with Crippen LogP contribution in [0.15, 0.2) is 36.4 Å². The Balaban J connectivity index is 2.37. The van der Waals surface area contributed by atoms with Crippen molar-refractivity contribution in [3.8, 4) is 17.3 Å². The molecule has 0 saturated heterocycles. The molecule has 4 nitrogen and oxygen atoms in total. The van der Waals surface area contributed by atoms with Gasteiger partial charge in [-0.3, -0.25) is 9.78 Å². The van der Waals surface area contributed by atoms with Crippen LogP contribution in [0.5, 0.6) is 0 Å². The zero-order chi connectivity index (χ0) is 16.3. The van der Waals surface area contributed by atoms with Crippen molar-refractivity contribution in [2.24, 2.45) is 0 Å². The molecule has 0 radical (unpaired) electrons. The molecular weight excluding hydrogens is 273 g/mol. The Kier molecular flexibility index (Phi) is 4.32. The van der Waals surface area contributed by atoms with Gasteiger partial charge in [-0.25, -0.2) is 0 Å². The molecule has 1 aromatic carbocycles. The van der Waals surface area contributed by atoms with E-state index in [-0.39, 0.29) is 5.91 Å². The SMILES string of the molecule is Bc1cc(C(=O)NC(C)(C)C#N)cc(-c2ccc(C)cc2)n1. The first-order valence-electron chi connectivity index (χ1n) is 7.10.